The summed E-state index contributed by atoms with van der Waals surface area (Å²) < 4.78 is 5.36. The Kier molecular flexibility index (Phi) is 6.19. The number of carbonyl (C=O) groups is 1. The van der Waals surface area contributed by atoms with Gasteiger partial charge in [0, 0.05) is 38.1 Å². The largest absolute Gasteiger partial charge is 0.379 e. The summed E-state index contributed by atoms with van der Waals surface area (Å²) in [5.74, 6) is 0.690. The first-order chi connectivity index (χ1) is 15.7. The monoisotopic (exact) mass is 433 g/mol. The number of aromatic nitrogens is 2. The Bertz CT molecular complexity index is 961. The summed E-state index contributed by atoms with van der Waals surface area (Å²) in [5, 5.41) is 11.5. The van der Waals surface area contributed by atoms with E-state index in [9.17, 15) is 4.79 Å². The molecule has 168 valence electrons. The first-order valence-corrected chi connectivity index (χ1v) is 11.7. The maximum absolute atomic E-state index is 12.4. The molecule has 3 aliphatic rings. The number of nitrogens with one attached hydrogen (secondary N) is 1. The number of allylic oxidation sites excluding steroid dienone is 1. The lowest BCUT2D eigenvalue weighted by atomic mass is 9.74. The summed E-state index contributed by atoms with van der Waals surface area (Å²) in [5.41, 5.74) is 3.33. The summed E-state index contributed by atoms with van der Waals surface area (Å²) in [6, 6.07) is 12.4. The molecule has 2 aliphatic heterocycles. The van der Waals surface area contributed by atoms with E-state index >= 15 is 0 Å². The van der Waals surface area contributed by atoms with Crippen LogP contribution in [0.1, 0.15) is 40.9 Å². The van der Waals surface area contributed by atoms with Crippen LogP contribution in [0.5, 0.6) is 0 Å². The summed E-state index contributed by atoms with van der Waals surface area (Å²) in [6.07, 6.45) is 7.69. The van der Waals surface area contributed by atoms with E-state index < -0.39 is 0 Å². The molecule has 1 spiro atoms. The number of rotatable bonds is 6. The molecule has 1 amide bonds. The Hall–Kier alpha value is -2.77. The lowest BCUT2D eigenvalue weighted by Gasteiger charge is -2.39. The molecule has 1 aromatic carbocycles. The van der Waals surface area contributed by atoms with Crippen molar-refractivity contribution in [2.75, 3.05) is 57.4 Å². The lowest BCUT2D eigenvalue weighted by Crippen LogP contribution is -2.41. The predicted octanol–water partition coefficient (Wildman–Crippen LogP) is 2.49. The Balaban J connectivity index is 1.10. The van der Waals surface area contributed by atoms with E-state index in [1.165, 1.54) is 11.1 Å². The highest BCUT2D eigenvalue weighted by Gasteiger charge is 2.38. The molecule has 0 atom stereocenters. The zero-order chi connectivity index (χ0) is 21.8. The number of amides is 1. The number of hydrogen-bond donors (Lipinski definition) is 1. The van der Waals surface area contributed by atoms with Gasteiger partial charge in [0.1, 0.15) is 0 Å². The fourth-order valence-corrected chi connectivity index (χ4v) is 5.04. The number of hydrogen-bond acceptors (Lipinski definition) is 6. The number of morpholine rings is 1. The molecule has 1 aliphatic carbocycles. The van der Waals surface area contributed by atoms with E-state index in [-0.39, 0.29) is 11.3 Å². The van der Waals surface area contributed by atoms with Crippen LogP contribution in [0.3, 0.4) is 0 Å². The van der Waals surface area contributed by atoms with Crippen LogP contribution in [0.2, 0.25) is 0 Å². The molecule has 0 radical (unpaired) electrons. The molecule has 2 aromatic rings. The van der Waals surface area contributed by atoms with Gasteiger partial charge >= 0.3 is 0 Å². The molecule has 5 rings (SSSR count). The maximum Gasteiger partial charge on any atom is 0.271 e. The highest BCUT2D eigenvalue weighted by molar-refractivity contribution is 5.92. The smallest absolute Gasteiger partial charge is 0.271 e. The van der Waals surface area contributed by atoms with Gasteiger partial charge in [-0.05, 0) is 49.1 Å². The minimum Gasteiger partial charge on any atom is -0.379 e. The lowest BCUT2D eigenvalue weighted by molar-refractivity contribution is 0.0374. The quantitative estimate of drug-likeness (QED) is 0.706. The topological polar surface area (TPSA) is 70.6 Å². The van der Waals surface area contributed by atoms with Crippen molar-refractivity contribution >= 4 is 17.8 Å². The highest BCUT2D eigenvalue weighted by atomic mass is 16.5. The Morgan fingerprint density at radius 2 is 1.84 bits per heavy atom. The van der Waals surface area contributed by atoms with Gasteiger partial charge < -0.3 is 15.0 Å². The molecule has 7 nitrogen and oxygen atoms in total. The molecule has 2 fully saturated rings. The second-order valence-electron chi connectivity index (χ2n) is 8.90. The van der Waals surface area contributed by atoms with Crippen molar-refractivity contribution < 1.29 is 9.53 Å². The van der Waals surface area contributed by atoms with Crippen molar-refractivity contribution in [3.05, 3.63) is 59.3 Å². The Labute approximate surface area is 189 Å². The summed E-state index contributed by atoms with van der Waals surface area (Å²) in [4.78, 5) is 17.0. The van der Waals surface area contributed by atoms with Crippen LogP contribution >= 0.6 is 0 Å². The van der Waals surface area contributed by atoms with Crippen molar-refractivity contribution in [1.29, 1.82) is 0 Å². The van der Waals surface area contributed by atoms with E-state index in [4.69, 9.17) is 4.74 Å². The van der Waals surface area contributed by atoms with Crippen molar-refractivity contribution in [2.45, 2.75) is 24.7 Å². The van der Waals surface area contributed by atoms with Gasteiger partial charge in [-0.15, -0.1) is 10.2 Å². The van der Waals surface area contributed by atoms with Gasteiger partial charge in [0.15, 0.2) is 11.5 Å². The maximum atomic E-state index is 12.4. The van der Waals surface area contributed by atoms with E-state index in [1.54, 1.807) is 6.07 Å². The molecule has 2 saturated heterocycles. The summed E-state index contributed by atoms with van der Waals surface area (Å²) in [6.45, 7) is 7.03. The molecule has 32 heavy (non-hydrogen) atoms. The van der Waals surface area contributed by atoms with Crippen LogP contribution in [0, 0.1) is 0 Å². The molecule has 0 bridgehead atoms. The van der Waals surface area contributed by atoms with E-state index in [1.807, 2.05) is 6.07 Å². The van der Waals surface area contributed by atoms with Gasteiger partial charge in [-0.25, -0.2) is 0 Å². The minimum absolute atomic E-state index is 0.154. The number of benzene rings is 1. The van der Waals surface area contributed by atoms with Crippen LogP contribution in [0.15, 0.2) is 42.5 Å². The molecular weight excluding hydrogens is 402 g/mol. The number of carbonyl (C=O) groups excluding carboxylic acids is 1. The van der Waals surface area contributed by atoms with Crippen LogP contribution < -0.4 is 10.2 Å². The molecule has 7 heteroatoms. The molecule has 1 N–H and O–H groups in total. The Morgan fingerprint density at radius 3 is 2.62 bits per heavy atom. The number of piperidine rings is 1. The third-order valence-corrected chi connectivity index (χ3v) is 6.98. The number of fused-ring (bicyclic) bond motifs is 2. The van der Waals surface area contributed by atoms with Crippen LogP contribution in [0.25, 0.3) is 6.08 Å². The van der Waals surface area contributed by atoms with Crippen LogP contribution in [0.4, 0.5) is 5.82 Å². The van der Waals surface area contributed by atoms with Crippen LogP contribution in [-0.4, -0.2) is 73.5 Å². The van der Waals surface area contributed by atoms with E-state index in [2.05, 4.69) is 61.7 Å². The third-order valence-electron chi connectivity index (χ3n) is 6.98. The van der Waals surface area contributed by atoms with Gasteiger partial charge in [0.05, 0.1) is 13.2 Å². The average molecular weight is 434 g/mol. The molecule has 0 unspecified atom stereocenters. The van der Waals surface area contributed by atoms with Gasteiger partial charge in [-0.2, -0.15) is 0 Å². The normalized spacial score (nSPS) is 19.8. The summed E-state index contributed by atoms with van der Waals surface area (Å²) in [7, 11) is 0. The zero-order valence-corrected chi connectivity index (χ0v) is 18.5. The van der Waals surface area contributed by atoms with Gasteiger partial charge in [0.2, 0.25) is 0 Å². The third kappa shape index (κ3) is 4.40. The molecule has 3 heterocycles. The fraction of sp³-hybridized carbons (Fsp3) is 0.480. The van der Waals surface area contributed by atoms with Gasteiger partial charge in [0.25, 0.3) is 5.91 Å². The van der Waals surface area contributed by atoms with E-state index in [0.717, 1.165) is 71.0 Å². The predicted molar refractivity (Wildman–Crippen MR) is 125 cm³/mol. The Morgan fingerprint density at radius 1 is 1.03 bits per heavy atom. The van der Waals surface area contributed by atoms with Crippen molar-refractivity contribution in [1.82, 2.24) is 20.4 Å². The second-order valence-corrected chi connectivity index (χ2v) is 8.90. The SMILES string of the molecule is O=C(NCCCN1CCOCC1)c1ccc(N2CCC3(C=Cc4ccccc43)CC2)nn1. The second kappa shape index (κ2) is 9.38. The van der Waals surface area contributed by atoms with Crippen LogP contribution in [-0.2, 0) is 10.2 Å². The van der Waals surface area contributed by atoms with Crippen molar-refractivity contribution in [3.8, 4) is 0 Å². The number of nitrogens with zero attached hydrogens (tertiary/aromatic N) is 4. The standard InChI is InChI=1S/C25H31N5O2/c31-24(26-12-3-13-29-16-18-32-19-17-29)22-6-7-23(28-27-22)30-14-10-25(11-15-30)9-8-20-4-1-2-5-21(20)25/h1-2,4-9H,3,10-19H2,(H,26,31). The molecular formula is C25H31N5O2. The van der Waals surface area contributed by atoms with E-state index in [0.29, 0.717) is 12.2 Å². The average Bonchev–Trinajstić information content (AvgIpc) is 3.21. The van der Waals surface area contributed by atoms with Gasteiger partial charge in [-0.3, -0.25) is 9.69 Å². The van der Waals surface area contributed by atoms with Crippen molar-refractivity contribution in [3.63, 3.8) is 0 Å². The minimum atomic E-state index is -0.156. The van der Waals surface area contributed by atoms with Crippen molar-refractivity contribution in [2.24, 2.45) is 0 Å². The number of anilines is 1. The highest BCUT2D eigenvalue weighted by Crippen LogP contribution is 2.43. The fourth-order valence-electron chi connectivity index (χ4n) is 5.04. The summed E-state index contributed by atoms with van der Waals surface area (Å²) >= 11 is 0. The first-order valence-electron chi connectivity index (χ1n) is 11.7. The first kappa shape index (κ1) is 21.1. The molecule has 0 saturated carbocycles. The van der Waals surface area contributed by atoms with Gasteiger partial charge in [-0.1, -0.05) is 36.4 Å². The molecule has 1 aromatic heterocycles. The number of ether oxygens (including phenoxy) is 1. The zero-order valence-electron chi connectivity index (χ0n) is 18.5.